The molecular formula is C9H12N2O3. The molecule has 0 bridgehead atoms. The van der Waals surface area contributed by atoms with Crippen LogP contribution >= 0.6 is 0 Å². The summed E-state index contributed by atoms with van der Waals surface area (Å²) in [5.74, 6) is -0.451. The van der Waals surface area contributed by atoms with Crippen molar-refractivity contribution in [3.8, 4) is 6.01 Å². The van der Waals surface area contributed by atoms with Gasteiger partial charge in [0.2, 0.25) is 0 Å². The number of hydrogen-bond donors (Lipinski definition) is 0. The number of hydrogen-bond acceptors (Lipinski definition) is 5. The van der Waals surface area contributed by atoms with Crippen molar-refractivity contribution in [2.24, 2.45) is 0 Å². The van der Waals surface area contributed by atoms with E-state index in [1.807, 2.05) is 6.92 Å². The molecule has 0 atom stereocenters. The summed E-state index contributed by atoms with van der Waals surface area (Å²) < 4.78 is 9.36. The van der Waals surface area contributed by atoms with Crippen molar-refractivity contribution < 1.29 is 14.3 Å². The average Bonchev–Trinajstić information content (AvgIpc) is 2.26. The Hall–Kier alpha value is -1.65. The van der Waals surface area contributed by atoms with Crippen LogP contribution in [0.2, 0.25) is 0 Å². The minimum atomic E-state index is -0.451. The van der Waals surface area contributed by atoms with Gasteiger partial charge in [-0.1, -0.05) is 6.92 Å². The van der Waals surface area contributed by atoms with Crippen LogP contribution in [0.25, 0.3) is 0 Å². The van der Waals surface area contributed by atoms with Gasteiger partial charge >= 0.3 is 12.0 Å². The molecule has 0 N–H and O–H groups in total. The molecular weight excluding hydrogens is 184 g/mol. The van der Waals surface area contributed by atoms with Gasteiger partial charge < -0.3 is 9.47 Å². The van der Waals surface area contributed by atoms with E-state index in [0.29, 0.717) is 0 Å². The fourth-order valence-electron chi connectivity index (χ4n) is 0.782. The molecule has 0 fully saturated rings. The molecule has 0 saturated carbocycles. The second-order valence-electron chi connectivity index (χ2n) is 2.59. The minimum Gasteiger partial charge on any atom is -0.466 e. The summed E-state index contributed by atoms with van der Waals surface area (Å²) in [5, 5.41) is 0. The van der Waals surface area contributed by atoms with E-state index in [9.17, 15) is 4.79 Å². The molecule has 1 aromatic heterocycles. The van der Waals surface area contributed by atoms with Crippen molar-refractivity contribution in [3.63, 3.8) is 0 Å². The van der Waals surface area contributed by atoms with Gasteiger partial charge in [-0.2, -0.15) is 0 Å². The molecule has 1 heterocycles. The van der Waals surface area contributed by atoms with E-state index in [0.717, 1.165) is 12.0 Å². The zero-order valence-electron chi connectivity index (χ0n) is 8.19. The molecule has 1 rings (SSSR count). The first-order chi connectivity index (χ1) is 6.76. The highest BCUT2D eigenvalue weighted by Crippen LogP contribution is 2.02. The summed E-state index contributed by atoms with van der Waals surface area (Å²) in [4.78, 5) is 18.5. The molecule has 5 nitrogen and oxygen atoms in total. The Morgan fingerprint density at radius 3 is 2.57 bits per heavy atom. The third kappa shape index (κ3) is 3.01. The number of carbonyl (C=O) groups is 1. The molecule has 0 saturated heterocycles. The number of methoxy groups -OCH3 is 1. The fraction of sp³-hybridized carbons (Fsp3) is 0.444. The largest absolute Gasteiger partial charge is 0.466 e. The molecule has 1 aromatic rings. The van der Waals surface area contributed by atoms with Gasteiger partial charge in [0, 0.05) is 12.4 Å². The van der Waals surface area contributed by atoms with E-state index in [-0.39, 0.29) is 12.6 Å². The summed E-state index contributed by atoms with van der Waals surface area (Å²) >= 11 is 0. The van der Waals surface area contributed by atoms with Gasteiger partial charge in [-0.15, -0.1) is 0 Å². The van der Waals surface area contributed by atoms with Gasteiger partial charge in [-0.3, -0.25) is 0 Å². The Morgan fingerprint density at radius 2 is 2.07 bits per heavy atom. The molecule has 5 heteroatoms. The van der Waals surface area contributed by atoms with Crippen molar-refractivity contribution >= 4 is 5.97 Å². The van der Waals surface area contributed by atoms with E-state index in [1.165, 1.54) is 7.11 Å². The predicted molar refractivity (Wildman–Crippen MR) is 48.9 cm³/mol. The molecule has 0 amide bonds. The van der Waals surface area contributed by atoms with Crippen molar-refractivity contribution in [1.82, 2.24) is 9.97 Å². The topological polar surface area (TPSA) is 61.3 Å². The maximum absolute atomic E-state index is 10.7. The summed E-state index contributed by atoms with van der Waals surface area (Å²) in [7, 11) is 1.30. The van der Waals surface area contributed by atoms with Crippen molar-refractivity contribution in [2.45, 2.75) is 13.3 Å². The highest BCUT2D eigenvalue weighted by molar-refractivity contribution is 5.70. The number of ether oxygens (including phenoxy) is 2. The molecule has 14 heavy (non-hydrogen) atoms. The van der Waals surface area contributed by atoms with E-state index in [4.69, 9.17) is 4.74 Å². The Labute approximate surface area is 82.1 Å². The van der Waals surface area contributed by atoms with Gasteiger partial charge in [0.25, 0.3) is 0 Å². The summed E-state index contributed by atoms with van der Waals surface area (Å²) in [6, 6.07) is 0.188. The lowest BCUT2D eigenvalue weighted by molar-refractivity contribution is -0.143. The van der Waals surface area contributed by atoms with Crippen LogP contribution in [0, 0.1) is 0 Å². The number of rotatable bonds is 4. The van der Waals surface area contributed by atoms with Gasteiger partial charge in [-0.05, 0) is 12.0 Å². The monoisotopic (exact) mass is 196 g/mol. The molecule has 0 aliphatic heterocycles. The van der Waals surface area contributed by atoms with Gasteiger partial charge in [-0.25, -0.2) is 14.8 Å². The van der Waals surface area contributed by atoms with Gasteiger partial charge in [0.15, 0.2) is 6.61 Å². The Balaban J connectivity index is 2.47. The Morgan fingerprint density at radius 1 is 1.43 bits per heavy atom. The first-order valence-electron chi connectivity index (χ1n) is 4.26. The fourth-order valence-corrected chi connectivity index (χ4v) is 0.782. The van der Waals surface area contributed by atoms with Crippen molar-refractivity contribution in [1.29, 1.82) is 0 Å². The molecule has 0 radical (unpaired) electrons. The number of aromatic nitrogens is 2. The highest BCUT2D eigenvalue weighted by atomic mass is 16.6. The lowest BCUT2D eigenvalue weighted by atomic mass is 10.3. The smallest absolute Gasteiger partial charge is 0.344 e. The normalized spacial score (nSPS) is 9.57. The summed E-state index contributed by atoms with van der Waals surface area (Å²) in [5.41, 5.74) is 1.02. The SMILES string of the molecule is CCc1cnc(OCC(=O)OC)nc1. The van der Waals surface area contributed by atoms with E-state index < -0.39 is 5.97 Å². The number of esters is 1. The third-order valence-corrected chi connectivity index (χ3v) is 1.64. The lowest BCUT2D eigenvalue weighted by Gasteiger charge is -2.02. The third-order valence-electron chi connectivity index (χ3n) is 1.64. The first-order valence-corrected chi connectivity index (χ1v) is 4.26. The second kappa shape index (κ2) is 5.16. The van der Waals surface area contributed by atoms with Crippen LogP contribution < -0.4 is 4.74 Å². The van der Waals surface area contributed by atoms with Gasteiger partial charge in [0.05, 0.1) is 7.11 Å². The average molecular weight is 196 g/mol. The molecule has 0 aliphatic rings. The number of nitrogens with zero attached hydrogens (tertiary/aromatic N) is 2. The molecule has 76 valence electrons. The van der Waals surface area contributed by atoms with Crippen LogP contribution in [0.4, 0.5) is 0 Å². The number of aryl methyl sites for hydroxylation is 1. The minimum absolute atomic E-state index is 0.165. The van der Waals surface area contributed by atoms with E-state index in [1.54, 1.807) is 12.4 Å². The van der Waals surface area contributed by atoms with Crippen LogP contribution in [-0.2, 0) is 16.0 Å². The summed E-state index contributed by atoms with van der Waals surface area (Å²) in [6.45, 7) is 1.84. The standard InChI is InChI=1S/C9H12N2O3/c1-3-7-4-10-9(11-5-7)14-6-8(12)13-2/h4-5H,3,6H2,1-2H3. The maximum Gasteiger partial charge on any atom is 0.344 e. The quantitative estimate of drug-likeness (QED) is 0.659. The second-order valence-corrected chi connectivity index (χ2v) is 2.59. The lowest BCUT2D eigenvalue weighted by Crippen LogP contribution is -2.13. The van der Waals surface area contributed by atoms with Crippen LogP contribution in [0.15, 0.2) is 12.4 Å². The van der Waals surface area contributed by atoms with Crippen molar-refractivity contribution in [2.75, 3.05) is 13.7 Å². The van der Waals surface area contributed by atoms with Crippen LogP contribution in [0.1, 0.15) is 12.5 Å². The molecule has 0 unspecified atom stereocenters. The first kappa shape index (κ1) is 10.4. The predicted octanol–water partition coefficient (Wildman–Crippen LogP) is 0.591. The zero-order chi connectivity index (χ0) is 10.4. The van der Waals surface area contributed by atoms with Crippen LogP contribution in [-0.4, -0.2) is 29.7 Å². The number of carbonyl (C=O) groups excluding carboxylic acids is 1. The molecule has 0 aliphatic carbocycles. The maximum atomic E-state index is 10.7. The Kier molecular flexibility index (Phi) is 3.84. The molecule has 0 spiro atoms. The zero-order valence-corrected chi connectivity index (χ0v) is 8.19. The highest BCUT2D eigenvalue weighted by Gasteiger charge is 2.03. The summed E-state index contributed by atoms with van der Waals surface area (Å²) in [6.07, 6.45) is 4.20. The van der Waals surface area contributed by atoms with Crippen LogP contribution in [0.5, 0.6) is 6.01 Å². The van der Waals surface area contributed by atoms with Crippen molar-refractivity contribution in [3.05, 3.63) is 18.0 Å². The Bertz CT molecular complexity index is 297. The van der Waals surface area contributed by atoms with Crippen LogP contribution in [0.3, 0.4) is 0 Å². The van der Waals surface area contributed by atoms with Gasteiger partial charge in [0.1, 0.15) is 0 Å². The molecule has 0 aromatic carbocycles. The van der Waals surface area contributed by atoms with E-state index in [2.05, 4.69) is 14.7 Å². The van der Waals surface area contributed by atoms with E-state index >= 15 is 0 Å².